The summed E-state index contributed by atoms with van der Waals surface area (Å²) in [6.07, 6.45) is 2.85. The number of rotatable bonds is 6. The second-order valence-electron chi connectivity index (χ2n) is 5.13. The number of hydrogen-bond donors (Lipinski definition) is 1. The highest BCUT2D eigenvalue weighted by Gasteiger charge is 2.27. The lowest BCUT2D eigenvalue weighted by Gasteiger charge is -2.25. The molecule has 0 bridgehead atoms. The lowest BCUT2D eigenvalue weighted by atomic mass is 10.1. The number of hydrogen-bond acceptors (Lipinski definition) is 4. The van der Waals surface area contributed by atoms with Crippen molar-refractivity contribution < 1.29 is 8.42 Å². The van der Waals surface area contributed by atoms with Crippen molar-refractivity contribution in [2.24, 2.45) is 0 Å². The van der Waals surface area contributed by atoms with Gasteiger partial charge in [0.2, 0.25) is 10.0 Å². The monoisotopic (exact) mass is 316 g/mol. The summed E-state index contributed by atoms with van der Waals surface area (Å²) in [5, 5.41) is 0. The number of sulfonamides is 1. The van der Waals surface area contributed by atoms with E-state index < -0.39 is 10.0 Å². The number of nitrogens with zero attached hydrogens (tertiary/aromatic N) is 1. The molecule has 114 valence electrons. The van der Waals surface area contributed by atoms with Crippen LogP contribution in [0.25, 0.3) is 0 Å². The molecule has 0 saturated heterocycles. The molecule has 1 aromatic rings. The highest BCUT2D eigenvalue weighted by Crippen LogP contribution is 2.26. The second kappa shape index (κ2) is 6.83. The summed E-state index contributed by atoms with van der Waals surface area (Å²) in [4.78, 5) is 0.313. The number of anilines is 1. The van der Waals surface area contributed by atoms with E-state index in [1.54, 1.807) is 37.9 Å². The van der Waals surface area contributed by atoms with E-state index in [0.29, 0.717) is 16.1 Å². The summed E-state index contributed by atoms with van der Waals surface area (Å²) in [7, 11) is -1.86. The molecule has 1 unspecified atom stereocenters. The molecule has 6 heteroatoms. The molecule has 1 rings (SSSR count). The predicted octanol–water partition coefficient (Wildman–Crippen LogP) is 2.65. The molecule has 0 heterocycles. The van der Waals surface area contributed by atoms with Crippen LogP contribution in [-0.4, -0.2) is 37.8 Å². The molecule has 1 atom stereocenters. The predicted molar refractivity (Wildman–Crippen MR) is 87.7 cm³/mol. The van der Waals surface area contributed by atoms with Crippen molar-refractivity contribution in [3.05, 3.63) is 23.3 Å². The first-order valence-electron chi connectivity index (χ1n) is 6.55. The minimum Gasteiger partial charge on any atom is -0.398 e. The highest BCUT2D eigenvalue weighted by molar-refractivity contribution is 7.98. The van der Waals surface area contributed by atoms with Crippen LogP contribution in [0.5, 0.6) is 0 Å². The maximum Gasteiger partial charge on any atom is 0.243 e. The van der Waals surface area contributed by atoms with Crippen LogP contribution in [0.4, 0.5) is 5.69 Å². The molecule has 0 aliphatic heterocycles. The summed E-state index contributed by atoms with van der Waals surface area (Å²) in [6.45, 7) is 5.54. The fourth-order valence-electron chi connectivity index (χ4n) is 1.98. The number of nitrogen functional groups attached to an aromatic ring is 1. The maximum absolute atomic E-state index is 12.7. The van der Waals surface area contributed by atoms with Crippen molar-refractivity contribution in [3.8, 4) is 0 Å². The van der Waals surface area contributed by atoms with Gasteiger partial charge in [-0.15, -0.1) is 0 Å². The zero-order valence-corrected chi connectivity index (χ0v) is 14.4. The Bertz CT molecular complexity index is 571. The van der Waals surface area contributed by atoms with Gasteiger partial charge in [0.25, 0.3) is 0 Å². The number of nitrogens with two attached hydrogens (primary N) is 1. The number of thioether (sulfide) groups is 1. The number of aryl methyl sites for hydroxylation is 1. The van der Waals surface area contributed by atoms with Gasteiger partial charge in [0.05, 0.1) is 4.90 Å². The first-order chi connectivity index (χ1) is 9.21. The summed E-state index contributed by atoms with van der Waals surface area (Å²) >= 11 is 1.72. The van der Waals surface area contributed by atoms with E-state index in [1.807, 2.05) is 20.1 Å². The molecule has 4 nitrogen and oxygen atoms in total. The normalized spacial score (nSPS) is 13.7. The zero-order valence-electron chi connectivity index (χ0n) is 12.8. The molecule has 0 saturated carbocycles. The van der Waals surface area contributed by atoms with Gasteiger partial charge in [0, 0.05) is 18.8 Å². The molecule has 0 aromatic heterocycles. The summed E-state index contributed by atoms with van der Waals surface area (Å²) in [5.74, 6) is 0.940. The fourth-order valence-corrected chi connectivity index (χ4v) is 4.29. The van der Waals surface area contributed by atoms with Crippen LogP contribution in [-0.2, 0) is 10.0 Å². The van der Waals surface area contributed by atoms with Crippen LogP contribution < -0.4 is 5.73 Å². The van der Waals surface area contributed by atoms with Gasteiger partial charge < -0.3 is 5.73 Å². The van der Waals surface area contributed by atoms with Gasteiger partial charge in [-0.1, -0.05) is 0 Å². The summed E-state index contributed by atoms with van der Waals surface area (Å²) in [5.41, 5.74) is 7.89. The molecular weight excluding hydrogens is 292 g/mol. The second-order valence-corrected chi connectivity index (χ2v) is 8.08. The van der Waals surface area contributed by atoms with Gasteiger partial charge in [-0.2, -0.15) is 16.1 Å². The first kappa shape index (κ1) is 17.3. The van der Waals surface area contributed by atoms with Crippen molar-refractivity contribution in [1.82, 2.24) is 4.31 Å². The smallest absolute Gasteiger partial charge is 0.243 e. The first-order valence-corrected chi connectivity index (χ1v) is 9.39. The van der Waals surface area contributed by atoms with Crippen LogP contribution in [0.2, 0.25) is 0 Å². The third kappa shape index (κ3) is 3.68. The van der Waals surface area contributed by atoms with Crippen molar-refractivity contribution in [2.45, 2.75) is 38.1 Å². The van der Waals surface area contributed by atoms with Crippen LogP contribution in [0, 0.1) is 13.8 Å². The van der Waals surface area contributed by atoms with Crippen LogP contribution >= 0.6 is 11.8 Å². The van der Waals surface area contributed by atoms with Gasteiger partial charge >= 0.3 is 0 Å². The molecule has 0 aliphatic carbocycles. The zero-order chi connectivity index (χ0) is 15.5. The van der Waals surface area contributed by atoms with E-state index in [0.717, 1.165) is 17.7 Å². The van der Waals surface area contributed by atoms with E-state index in [1.165, 1.54) is 4.31 Å². The Kier molecular flexibility index (Phi) is 5.91. The molecule has 0 fully saturated rings. The summed E-state index contributed by atoms with van der Waals surface area (Å²) < 4.78 is 26.9. The Balaban J connectivity index is 3.17. The molecule has 0 radical (unpaired) electrons. The van der Waals surface area contributed by atoms with Crippen LogP contribution in [0.15, 0.2) is 17.0 Å². The van der Waals surface area contributed by atoms with Crippen molar-refractivity contribution in [3.63, 3.8) is 0 Å². The largest absolute Gasteiger partial charge is 0.398 e. The van der Waals surface area contributed by atoms with Crippen molar-refractivity contribution in [1.29, 1.82) is 0 Å². The molecule has 0 spiro atoms. The van der Waals surface area contributed by atoms with Crippen molar-refractivity contribution >= 4 is 27.5 Å². The van der Waals surface area contributed by atoms with Gasteiger partial charge in [-0.05, 0) is 62.5 Å². The maximum atomic E-state index is 12.7. The van der Waals surface area contributed by atoms with E-state index in [9.17, 15) is 8.42 Å². The minimum atomic E-state index is -3.50. The highest BCUT2D eigenvalue weighted by atomic mass is 32.2. The Morgan fingerprint density at radius 2 is 1.95 bits per heavy atom. The fraction of sp³-hybridized carbons (Fsp3) is 0.571. The van der Waals surface area contributed by atoms with E-state index >= 15 is 0 Å². The standard InChI is InChI=1S/C14H24N2O2S2/c1-10-8-13(15)12(3)14(9-10)20(17,18)16(4)11(2)6-7-19-5/h8-9,11H,6-7,15H2,1-5H3. The topological polar surface area (TPSA) is 63.4 Å². The Morgan fingerprint density at radius 3 is 2.50 bits per heavy atom. The number of benzene rings is 1. The lowest BCUT2D eigenvalue weighted by Crippen LogP contribution is -2.36. The quantitative estimate of drug-likeness (QED) is 0.820. The van der Waals surface area contributed by atoms with Gasteiger partial charge in [0.1, 0.15) is 0 Å². The molecule has 0 amide bonds. The van der Waals surface area contributed by atoms with Gasteiger partial charge in [-0.25, -0.2) is 8.42 Å². The molecule has 0 aliphatic rings. The molecule has 20 heavy (non-hydrogen) atoms. The molecular formula is C14H24N2O2S2. The average Bonchev–Trinajstić information content (AvgIpc) is 2.38. The third-order valence-corrected chi connectivity index (χ3v) is 6.30. The van der Waals surface area contributed by atoms with E-state index in [-0.39, 0.29) is 6.04 Å². The van der Waals surface area contributed by atoms with Gasteiger partial charge in [-0.3, -0.25) is 0 Å². The Morgan fingerprint density at radius 1 is 1.35 bits per heavy atom. The van der Waals surface area contributed by atoms with E-state index in [2.05, 4.69) is 0 Å². The average molecular weight is 316 g/mol. The molecule has 2 N–H and O–H groups in total. The van der Waals surface area contributed by atoms with Crippen molar-refractivity contribution in [2.75, 3.05) is 24.8 Å². The summed E-state index contributed by atoms with van der Waals surface area (Å²) in [6, 6.07) is 3.46. The lowest BCUT2D eigenvalue weighted by molar-refractivity contribution is 0.382. The molecule has 1 aromatic carbocycles. The van der Waals surface area contributed by atoms with E-state index in [4.69, 9.17) is 5.73 Å². The van der Waals surface area contributed by atoms with Gasteiger partial charge in [0.15, 0.2) is 0 Å². The Hall–Kier alpha value is -0.720. The SMILES string of the molecule is CSCCC(C)N(C)S(=O)(=O)c1cc(C)cc(N)c1C. The van der Waals surface area contributed by atoms with Crippen LogP contribution in [0.1, 0.15) is 24.5 Å². The van der Waals surface area contributed by atoms with Crippen LogP contribution in [0.3, 0.4) is 0 Å². The minimum absolute atomic E-state index is 0.0337. The Labute approximate surface area is 126 Å². The third-order valence-electron chi connectivity index (χ3n) is 3.56.